The molecule has 0 aromatic heterocycles. The molecule has 0 heterocycles. The van der Waals surface area contributed by atoms with Crippen molar-refractivity contribution < 1.29 is 13.2 Å². The van der Waals surface area contributed by atoms with Crippen LogP contribution < -0.4 is 4.90 Å². The van der Waals surface area contributed by atoms with Crippen molar-refractivity contribution in [2.45, 2.75) is 219 Å². The van der Waals surface area contributed by atoms with Crippen molar-refractivity contribution in [3.63, 3.8) is 0 Å². The Balaban J connectivity index is 2.14. The molecular weight excluding hydrogens is 575 g/mol. The molecule has 46 heavy (non-hydrogen) atoms. The first-order valence-corrected chi connectivity index (χ1v) is 20.5. The van der Waals surface area contributed by atoms with Gasteiger partial charge >= 0.3 is 0 Å². The molecule has 270 valence electrons. The Bertz CT molecular complexity index is 723. The smallest absolute Gasteiger partial charge is 0.152 e. The number of hydrogen-bond donors (Lipinski definition) is 0. The van der Waals surface area contributed by atoms with Crippen LogP contribution in [-0.4, -0.2) is 13.1 Å². The van der Waals surface area contributed by atoms with Gasteiger partial charge in [0.15, 0.2) is 11.6 Å². The zero-order valence-electron chi connectivity index (χ0n) is 30.8. The Morgan fingerprint density at radius 2 is 0.565 bits per heavy atom. The van der Waals surface area contributed by atoms with Gasteiger partial charge in [-0.05, 0) is 12.8 Å². The zero-order chi connectivity index (χ0) is 33.3. The number of halogens is 3. The lowest BCUT2D eigenvalue weighted by Crippen LogP contribution is -2.28. The number of unbranched alkanes of at least 4 members (excludes halogenated alkanes) is 30. The Morgan fingerprint density at radius 3 is 0.804 bits per heavy atom. The average molecular weight is 652 g/mol. The van der Waals surface area contributed by atoms with Crippen LogP contribution in [0, 0.1) is 17.5 Å². The van der Waals surface area contributed by atoms with Crippen molar-refractivity contribution in [3.05, 3.63) is 29.6 Å². The summed E-state index contributed by atoms with van der Waals surface area (Å²) in [4.78, 5) is 1.84. The van der Waals surface area contributed by atoms with Crippen molar-refractivity contribution in [2.24, 2.45) is 0 Å². The lowest BCUT2D eigenvalue weighted by molar-refractivity contribution is 0.514. The first-order valence-electron chi connectivity index (χ1n) is 20.5. The summed E-state index contributed by atoms with van der Waals surface area (Å²) in [7, 11) is 0. The van der Waals surface area contributed by atoms with Gasteiger partial charge in [-0.25, -0.2) is 13.2 Å². The Kier molecular flexibility index (Phi) is 30.1. The SMILES string of the molecule is CCCCCCCCCCCCCCCCCCN(CCCCCCCCCCCCCCCCCC)c1c(F)cc(F)cc1F. The maximum absolute atomic E-state index is 14.7. The third-order valence-electron chi connectivity index (χ3n) is 9.86. The molecule has 1 nitrogen and oxygen atoms in total. The molecule has 0 unspecified atom stereocenters. The summed E-state index contributed by atoms with van der Waals surface area (Å²) in [6.07, 6.45) is 41.9. The van der Waals surface area contributed by atoms with Gasteiger partial charge in [-0.3, -0.25) is 0 Å². The predicted molar refractivity (Wildman–Crippen MR) is 198 cm³/mol. The van der Waals surface area contributed by atoms with Crippen molar-refractivity contribution in [3.8, 4) is 0 Å². The van der Waals surface area contributed by atoms with Crippen LogP contribution in [0.25, 0.3) is 0 Å². The van der Waals surface area contributed by atoms with E-state index in [9.17, 15) is 13.2 Å². The Labute approximate surface area is 285 Å². The van der Waals surface area contributed by atoms with Crippen LogP contribution in [0.3, 0.4) is 0 Å². The molecular formula is C42H76F3N. The van der Waals surface area contributed by atoms with Gasteiger partial charge in [0.05, 0.1) is 0 Å². The van der Waals surface area contributed by atoms with Crippen molar-refractivity contribution in [2.75, 3.05) is 18.0 Å². The second kappa shape index (κ2) is 32.4. The number of rotatable bonds is 35. The van der Waals surface area contributed by atoms with E-state index in [4.69, 9.17) is 0 Å². The first kappa shape index (κ1) is 42.8. The average Bonchev–Trinajstić information content (AvgIpc) is 3.03. The molecule has 0 atom stereocenters. The molecule has 0 aliphatic carbocycles. The summed E-state index contributed by atoms with van der Waals surface area (Å²) in [6, 6.07) is 1.65. The van der Waals surface area contributed by atoms with Crippen LogP contribution >= 0.6 is 0 Å². The highest BCUT2D eigenvalue weighted by molar-refractivity contribution is 5.49. The molecule has 0 fully saturated rings. The summed E-state index contributed by atoms with van der Waals surface area (Å²) < 4.78 is 42.9. The molecule has 1 aromatic rings. The highest BCUT2D eigenvalue weighted by Gasteiger charge is 2.18. The van der Waals surface area contributed by atoms with Crippen LogP contribution in [0.1, 0.15) is 219 Å². The number of hydrogen-bond acceptors (Lipinski definition) is 1. The number of benzene rings is 1. The summed E-state index contributed by atoms with van der Waals surface area (Å²) in [5.74, 6) is -2.39. The summed E-state index contributed by atoms with van der Waals surface area (Å²) in [5.41, 5.74) is -0.0386. The molecule has 4 heteroatoms. The van der Waals surface area contributed by atoms with Crippen LogP contribution in [0.2, 0.25) is 0 Å². The van der Waals surface area contributed by atoms with Crippen molar-refractivity contribution in [1.29, 1.82) is 0 Å². The minimum absolute atomic E-state index is 0.0386. The van der Waals surface area contributed by atoms with Gasteiger partial charge in [-0.2, -0.15) is 0 Å². The van der Waals surface area contributed by atoms with Crippen LogP contribution in [0.15, 0.2) is 12.1 Å². The van der Waals surface area contributed by atoms with E-state index in [0.29, 0.717) is 13.1 Å². The van der Waals surface area contributed by atoms with E-state index in [1.165, 1.54) is 180 Å². The maximum atomic E-state index is 14.7. The maximum Gasteiger partial charge on any atom is 0.152 e. The third kappa shape index (κ3) is 24.9. The minimum atomic E-state index is -0.844. The van der Waals surface area contributed by atoms with E-state index in [1.807, 2.05) is 4.90 Å². The Hall–Kier alpha value is -1.19. The molecule has 0 bridgehead atoms. The first-order chi connectivity index (χ1) is 22.6. The van der Waals surface area contributed by atoms with Gasteiger partial charge in [0.25, 0.3) is 0 Å². The second-order valence-corrected chi connectivity index (χ2v) is 14.3. The van der Waals surface area contributed by atoms with Gasteiger partial charge in [0.1, 0.15) is 11.5 Å². The summed E-state index contributed by atoms with van der Waals surface area (Å²) >= 11 is 0. The van der Waals surface area contributed by atoms with E-state index in [1.54, 1.807) is 0 Å². The highest BCUT2D eigenvalue weighted by Crippen LogP contribution is 2.26. The molecule has 0 saturated carbocycles. The molecule has 0 radical (unpaired) electrons. The van der Waals surface area contributed by atoms with Crippen molar-refractivity contribution >= 4 is 5.69 Å². The van der Waals surface area contributed by atoms with Crippen LogP contribution in [0.4, 0.5) is 18.9 Å². The fraction of sp³-hybridized carbons (Fsp3) is 0.857. The van der Waals surface area contributed by atoms with Gasteiger partial charge in [-0.15, -0.1) is 0 Å². The molecule has 1 aromatic carbocycles. The summed E-state index contributed by atoms with van der Waals surface area (Å²) in [5, 5.41) is 0. The lowest BCUT2D eigenvalue weighted by atomic mass is 10.0. The van der Waals surface area contributed by atoms with Gasteiger partial charge in [0.2, 0.25) is 0 Å². The van der Waals surface area contributed by atoms with Crippen molar-refractivity contribution in [1.82, 2.24) is 0 Å². The van der Waals surface area contributed by atoms with Gasteiger partial charge < -0.3 is 4.90 Å². The van der Waals surface area contributed by atoms with E-state index < -0.39 is 17.5 Å². The number of anilines is 1. The van der Waals surface area contributed by atoms with Gasteiger partial charge in [0, 0.05) is 25.2 Å². The molecule has 1 rings (SSSR count). The molecule has 0 aliphatic rings. The van der Waals surface area contributed by atoms with Crippen LogP contribution in [-0.2, 0) is 0 Å². The monoisotopic (exact) mass is 652 g/mol. The minimum Gasteiger partial charge on any atom is -0.367 e. The van der Waals surface area contributed by atoms with E-state index in [0.717, 1.165) is 37.8 Å². The molecule has 0 saturated heterocycles. The fourth-order valence-corrected chi connectivity index (χ4v) is 6.87. The normalized spacial score (nSPS) is 11.5. The number of nitrogens with zero attached hydrogens (tertiary/aromatic N) is 1. The zero-order valence-corrected chi connectivity index (χ0v) is 30.8. The molecule has 0 aliphatic heterocycles. The molecule has 0 N–H and O–H groups in total. The topological polar surface area (TPSA) is 3.24 Å². The van der Waals surface area contributed by atoms with Gasteiger partial charge in [-0.1, -0.05) is 206 Å². The standard InChI is InChI=1S/C42H76F3N/c1-3-5-7-9-11-13-15-17-19-21-23-25-27-29-31-33-35-46(42-40(44)37-39(43)38-41(42)45)36-34-32-30-28-26-24-22-20-18-16-14-12-10-8-6-4-2/h37-38H,3-36H2,1-2H3. The predicted octanol–water partition coefficient (Wildman–Crippen LogP) is 15.4. The van der Waals surface area contributed by atoms with E-state index in [-0.39, 0.29) is 5.69 Å². The lowest BCUT2D eigenvalue weighted by Gasteiger charge is -2.26. The Morgan fingerprint density at radius 1 is 0.348 bits per heavy atom. The molecule has 0 amide bonds. The third-order valence-corrected chi connectivity index (χ3v) is 9.86. The second-order valence-electron chi connectivity index (χ2n) is 14.3. The highest BCUT2D eigenvalue weighted by atomic mass is 19.1. The van der Waals surface area contributed by atoms with E-state index in [2.05, 4.69) is 13.8 Å². The van der Waals surface area contributed by atoms with E-state index >= 15 is 0 Å². The summed E-state index contributed by atoms with van der Waals surface area (Å²) in [6.45, 7) is 5.82. The molecule has 0 spiro atoms. The van der Waals surface area contributed by atoms with Crippen LogP contribution in [0.5, 0.6) is 0 Å². The largest absolute Gasteiger partial charge is 0.367 e. The quantitative estimate of drug-likeness (QED) is 0.0660. The fourth-order valence-electron chi connectivity index (χ4n) is 6.87.